The maximum atomic E-state index is 15.0. The summed E-state index contributed by atoms with van der Waals surface area (Å²) < 4.78 is 102. The summed E-state index contributed by atoms with van der Waals surface area (Å²) >= 11 is 0. The maximum absolute atomic E-state index is 15.0. The van der Waals surface area contributed by atoms with Crippen molar-refractivity contribution in [1.29, 1.82) is 0 Å². The normalized spacial score (nSPS) is 17.1. The highest BCUT2D eigenvalue weighted by Gasteiger charge is 2.62. The smallest absolute Gasteiger partial charge is 0.293 e. The molecule has 0 fully saturated rings. The van der Waals surface area contributed by atoms with Crippen LogP contribution in [0.2, 0.25) is 0 Å². The lowest BCUT2D eigenvalue weighted by Gasteiger charge is -2.46. The third-order valence-corrected chi connectivity index (χ3v) is 4.72. The third kappa shape index (κ3) is 3.18. The van der Waals surface area contributed by atoms with Crippen LogP contribution >= 0.6 is 0 Å². The number of hydrogen-bond donors (Lipinski definition) is 1. The zero-order chi connectivity index (χ0) is 19.8. The van der Waals surface area contributed by atoms with Gasteiger partial charge in [0.05, 0.1) is 12.0 Å². The molecule has 25 heavy (non-hydrogen) atoms. The van der Waals surface area contributed by atoms with E-state index >= 15 is 0 Å². The molecule has 2 unspecified atom stereocenters. The fraction of sp³-hybridized carbons (Fsp3) is 0.625. The monoisotopic (exact) mass is 376 g/mol. The highest BCUT2D eigenvalue weighted by molar-refractivity contribution is 5.31. The van der Waals surface area contributed by atoms with E-state index in [0.29, 0.717) is 0 Å². The van der Waals surface area contributed by atoms with E-state index in [2.05, 4.69) is 4.74 Å². The van der Waals surface area contributed by atoms with Gasteiger partial charge in [-0.3, -0.25) is 0 Å². The Balaban J connectivity index is 3.54. The van der Waals surface area contributed by atoms with E-state index < -0.39 is 64.8 Å². The van der Waals surface area contributed by atoms with Gasteiger partial charge in [-0.25, -0.2) is 22.0 Å². The molecule has 1 rings (SSSR count). The number of halogens is 7. The summed E-state index contributed by atoms with van der Waals surface area (Å²) in [6.45, 7) is 3.40. The highest BCUT2D eigenvalue weighted by Crippen LogP contribution is 2.50. The lowest BCUT2D eigenvalue weighted by atomic mass is 9.72. The molecule has 0 bridgehead atoms. The molecule has 0 aromatic heterocycles. The number of ether oxygens (including phenoxy) is 1. The quantitative estimate of drug-likeness (QED) is 0.414. The third-order valence-electron chi connectivity index (χ3n) is 4.72. The van der Waals surface area contributed by atoms with Crippen LogP contribution in [-0.2, 0) is 0 Å². The Morgan fingerprint density at radius 2 is 1.20 bits per heavy atom. The van der Waals surface area contributed by atoms with Crippen LogP contribution in [0, 0.1) is 34.5 Å². The average Bonchev–Trinajstić information content (AvgIpc) is 2.60. The van der Waals surface area contributed by atoms with Crippen molar-refractivity contribution in [2.45, 2.75) is 52.1 Å². The predicted octanol–water partition coefficient (Wildman–Crippen LogP) is 4.97. The van der Waals surface area contributed by atoms with E-state index in [9.17, 15) is 35.8 Å². The van der Waals surface area contributed by atoms with Crippen molar-refractivity contribution in [2.75, 3.05) is 6.61 Å². The molecule has 1 N–H and O–H groups in total. The molecule has 2 atom stereocenters. The first kappa shape index (κ1) is 21.5. The van der Waals surface area contributed by atoms with Gasteiger partial charge in [0.15, 0.2) is 11.4 Å². The van der Waals surface area contributed by atoms with Gasteiger partial charge < -0.3 is 9.84 Å². The largest absolute Gasteiger partial charge is 0.475 e. The van der Waals surface area contributed by atoms with Crippen LogP contribution in [0.15, 0.2) is 0 Å². The fourth-order valence-electron chi connectivity index (χ4n) is 2.33. The number of rotatable bonds is 7. The van der Waals surface area contributed by atoms with E-state index in [1.54, 1.807) is 0 Å². The molecule has 0 spiro atoms. The minimum Gasteiger partial charge on any atom is -0.475 e. The molecule has 144 valence electrons. The summed E-state index contributed by atoms with van der Waals surface area (Å²) in [7, 11) is 0. The van der Waals surface area contributed by atoms with Crippen LogP contribution in [0.5, 0.6) is 5.75 Å². The van der Waals surface area contributed by atoms with Crippen molar-refractivity contribution in [1.82, 2.24) is 0 Å². The van der Waals surface area contributed by atoms with Crippen LogP contribution < -0.4 is 4.74 Å². The second kappa shape index (κ2) is 7.01. The Morgan fingerprint density at radius 3 is 1.52 bits per heavy atom. The predicted molar refractivity (Wildman–Crippen MR) is 76.0 cm³/mol. The summed E-state index contributed by atoms with van der Waals surface area (Å²) in [4.78, 5) is 0. The first-order valence-corrected chi connectivity index (χ1v) is 7.52. The summed E-state index contributed by atoms with van der Waals surface area (Å²) in [6.07, 6.45) is -0.762. The van der Waals surface area contributed by atoms with E-state index in [4.69, 9.17) is 0 Å². The van der Waals surface area contributed by atoms with Crippen molar-refractivity contribution in [3.63, 3.8) is 0 Å². The zero-order valence-corrected chi connectivity index (χ0v) is 14.1. The van der Waals surface area contributed by atoms with Crippen molar-refractivity contribution in [2.24, 2.45) is 5.41 Å². The van der Waals surface area contributed by atoms with Gasteiger partial charge in [-0.2, -0.15) is 8.78 Å². The standard InChI is InChI=1S/C16H19F7O2/c1-5-14(3,7-24)16(22,23)15(4,6-2)25-13-11(20)9(18)8(17)10(19)12(13)21/h24H,5-7H2,1-4H3. The van der Waals surface area contributed by atoms with Crippen LogP contribution in [0.3, 0.4) is 0 Å². The number of alkyl halides is 2. The van der Waals surface area contributed by atoms with E-state index in [0.717, 1.165) is 13.8 Å². The van der Waals surface area contributed by atoms with Crippen molar-refractivity contribution >= 4 is 0 Å². The Bertz CT molecular complexity index is 615. The van der Waals surface area contributed by atoms with Gasteiger partial charge in [0.1, 0.15) is 0 Å². The van der Waals surface area contributed by atoms with Gasteiger partial charge in [-0.05, 0) is 19.8 Å². The Hall–Kier alpha value is -1.51. The average molecular weight is 376 g/mol. The summed E-state index contributed by atoms with van der Waals surface area (Å²) in [5.41, 5.74) is -4.68. The first-order chi connectivity index (χ1) is 11.3. The van der Waals surface area contributed by atoms with E-state index in [1.807, 2.05) is 0 Å². The van der Waals surface area contributed by atoms with Crippen LogP contribution in [0.25, 0.3) is 0 Å². The number of benzene rings is 1. The van der Waals surface area contributed by atoms with Crippen molar-refractivity contribution in [3.8, 4) is 5.75 Å². The highest BCUT2D eigenvalue weighted by atomic mass is 19.3. The molecule has 0 saturated heterocycles. The van der Waals surface area contributed by atoms with Gasteiger partial charge in [0.25, 0.3) is 5.92 Å². The zero-order valence-electron chi connectivity index (χ0n) is 14.1. The maximum Gasteiger partial charge on any atom is 0.293 e. The van der Waals surface area contributed by atoms with Gasteiger partial charge >= 0.3 is 0 Å². The lowest BCUT2D eigenvalue weighted by molar-refractivity contribution is -0.236. The molecule has 0 aliphatic heterocycles. The summed E-state index contributed by atoms with van der Waals surface area (Å²) in [5, 5.41) is 9.33. The van der Waals surface area contributed by atoms with E-state index in [1.165, 1.54) is 13.8 Å². The molecule has 2 nitrogen and oxygen atoms in total. The van der Waals surface area contributed by atoms with Gasteiger partial charge in [0.2, 0.25) is 29.1 Å². The van der Waals surface area contributed by atoms with Crippen molar-refractivity contribution in [3.05, 3.63) is 29.1 Å². The van der Waals surface area contributed by atoms with E-state index in [-0.39, 0.29) is 6.42 Å². The SMILES string of the molecule is CCC(C)(CO)C(F)(F)C(C)(CC)Oc1c(F)c(F)c(F)c(F)c1F. The minimum atomic E-state index is -3.86. The van der Waals surface area contributed by atoms with Gasteiger partial charge in [-0.1, -0.05) is 20.8 Å². The van der Waals surface area contributed by atoms with Crippen molar-refractivity contribution < 1.29 is 40.6 Å². The molecular weight excluding hydrogens is 357 g/mol. The molecule has 0 radical (unpaired) electrons. The molecule has 0 saturated carbocycles. The molecule has 9 heteroatoms. The molecule has 0 aliphatic carbocycles. The van der Waals surface area contributed by atoms with Crippen LogP contribution in [-0.4, -0.2) is 23.2 Å². The number of hydrogen-bond acceptors (Lipinski definition) is 2. The molecule has 0 aliphatic rings. The Morgan fingerprint density at radius 1 is 0.800 bits per heavy atom. The summed E-state index contributed by atoms with van der Waals surface area (Å²) in [5.74, 6) is -17.3. The molecule has 0 amide bonds. The Labute approximate surface area is 140 Å². The molecule has 0 heterocycles. The lowest BCUT2D eigenvalue weighted by Crippen LogP contribution is -2.60. The number of aliphatic hydroxyl groups excluding tert-OH is 1. The Kier molecular flexibility index (Phi) is 6.04. The fourth-order valence-corrected chi connectivity index (χ4v) is 2.33. The van der Waals surface area contributed by atoms with Crippen LogP contribution in [0.4, 0.5) is 30.7 Å². The van der Waals surface area contributed by atoms with Crippen LogP contribution in [0.1, 0.15) is 40.5 Å². The topological polar surface area (TPSA) is 29.5 Å². The second-order valence-corrected chi connectivity index (χ2v) is 6.23. The summed E-state index contributed by atoms with van der Waals surface area (Å²) in [6, 6.07) is 0. The van der Waals surface area contributed by atoms with Gasteiger partial charge in [0, 0.05) is 0 Å². The van der Waals surface area contributed by atoms with Gasteiger partial charge in [-0.15, -0.1) is 0 Å². The minimum absolute atomic E-state index is 0.230. The first-order valence-electron chi connectivity index (χ1n) is 7.52. The molecule has 1 aromatic carbocycles. The second-order valence-electron chi connectivity index (χ2n) is 6.23. The molecular formula is C16H19F7O2. The number of aliphatic hydroxyl groups is 1. The molecule has 1 aromatic rings.